The molecule has 2 atom stereocenters. The Kier molecular flexibility index (Phi) is 5.54. The largest absolute Gasteiger partial charge is 0.395 e. The molecule has 1 amide bonds. The Bertz CT molecular complexity index is 925. The summed E-state index contributed by atoms with van der Waals surface area (Å²) in [5.41, 5.74) is 1.53. The molecule has 5 rings (SSSR count). The van der Waals surface area contributed by atoms with Crippen LogP contribution in [0.25, 0.3) is 0 Å². The molecule has 31 heavy (non-hydrogen) atoms. The van der Waals surface area contributed by atoms with Crippen molar-refractivity contribution in [2.75, 3.05) is 32.9 Å². The van der Waals surface area contributed by atoms with E-state index >= 15 is 0 Å². The summed E-state index contributed by atoms with van der Waals surface area (Å²) in [4.78, 5) is 17.2. The van der Waals surface area contributed by atoms with Crippen molar-refractivity contribution in [1.29, 1.82) is 0 Å². The Balaban J connectivity index is 1.41. The van der Waals surface area contributed by atoms with Crippen LogP contribution in [0, 0.1) is 11.7 Å². The number of carbonyl (C=O) groups is 1. The van der Waals surface area contributed by atoms with Gasteiger partial charge in [-0.25, -0.2) is 4.39 Å². The van der Waals surface area contributed by atoms with E-state index in [1.54, 1.807) is 12.1 Å². The third-order valence-electron chi connectivity index (χ3n) is 7.39. The fourth-order valence-electron chi connectivity index (χ4n) is 5.80. The molecular weight excluding hydrogens is 395 g/mol. The van der Waals surface area contributed by atoms with Crippen molar-refractivity contribution < 1.29 is 19.0 Å². The van der Waals surface area contributed by atoms with Gasteiger partial charge in [-0.3, -0.25) is 9.69 Å². The van der Waals surface area contributed by atoms with Crippen LogP contribution in [0.1, 0.15) is 29.9 Å². The molecule has 0 unspecified atom stereocenters. The zero-order valence-corrected chi connectivity index (χ0v) is 17.6. The second kappa shape index (κ2) is 8.34. The minimum Gasteiger partial charge on any atom is -0.395 e. The smallest absolute Gasteiger partial charge is 0.225 e. The molecule has 0 bridgehead atoms. The molecule has 2 aromatic rings. The first-order chi connectivity index (χ1) is 15.1. The number of benzene rings is 2. The number of nitrogens with zero attached hydrogens (tertiary/aromatic N) is 2. The third kappa shape index (κ3) is 3.47. The maximum Gasteiger partial charge on any atom is 0.225 e. The Morgan fingerprint density at radius 2 is 1.74 bits per heavy atom. The first-order valence-corrected chi connectivity index (χ1v) is 11.2. The molecule has 3 fully saturated rings. The summed E-state index contributed by atoms with van der Waals surface area (Å²) >= 11 is 0. The van der Waals surface area contributed by atoms with Gasteiger partial charge in [-0.05, 0) is 24.5 Å². The average molecular weight is 425 g/mol. The van der Waals surface area contributed by atoms with E-state index in [9.17, 15) is 14.3 Å². The van der Waals surface area contributed by atoms with Crippen LogP contribution in [-0.4, -0.2) is 65.3 Å². The van der Waals surface area contributed by atoms with Crippen molar-refractivity contribution in [2.45, 2.75) is 36.9 Å². The van der Waals surface area contributed by atoms with E-state index in [1.807, 2.05) is 29.2 Å². The van der Waals surface area contributed by atoms with Crippen molar-refractivity contribution >= 4 is 5.91 Å². The minimum atomic E-state index is -0.266. The standard InChI is InChI=1S/C25H29FN2O3/c26-21-9-5-4-8-20(21)14-28-22(15-29)23(18-6-2-1-3-7-18)25(28)16-27(17-25)24(30)19-10-12-31-13-11-19/h1-9,19,22-23,29H,10-17H2/t22-,23+/m1/s1. The number of hydrogen-bond acceptors (Lipinski definition) is 4. The molecule has 0 aliphatic carbocycles. The average Bonchev–Trinajstić information content (AvgIpc) is 2.78. The molecule has 1 N–H and O–H groups in total. The maximum atomic E-state index is 14.4. The monoisotopic (exact) mass is 424 g/mol. The lowest BCUT2D eigenvalue weighted by Gasteiger charge is -2.71. The van der Waals surface area contributed by atoms with Crippen LogP contribution in [0.5, 0.6) is 0 Å². The third-order valence-corrected chi connectivity index (χ3v) is 7.39. The molecule has 3 heterocycles. The Labute approximate surface area is 182 Å². The molecular formula is C25H29FN2O3. The van der Waals surface area contributed by atoms with Crippen molar-refractivity contribution in [1.82, 2.24) is 9.80 Å². The number of carbonyl (C=O) groups excluding carboxylic acids is 1. The van der Waals surface area contributed by atoms with Crippen molar-refractivity contribution in [2.24, 2.45) is 5.92 Å². The predicted molar refractivity (Wildman–Crippen MR) is 115 cm³/mol. The lowest BCUT2D eigenvalue weighted by Crippen LogP contribution is -2.84. The van der Waals surface area contributed by atoms with Gasteiger partial charge in [-0.1, -0.05) is 48.5 Å². The number of hydrogen-bond donors (Lipinski definition) is 1. The van der Waals surface area contributed by atoms with Gasteiger partial charge in [0.05, 0.1) is 12.1 Å². The summed E-state index contributed by atoms with van der Waals surface area (Å²) in [6.07, 6.45) is 1.56. The first-order valence-electron chi connectivity index (χ1n) is 11.2. The second-order valence-corrected chi connectivity index (χ2v) is 9.04. The SMILES string of the molecule is O=C(C1CCOCC1)N1CC2(C1)[C@@H](c1ccccc1)[C@@H](CO)N2Cc1ccccc1F. The molecule has 0 radical (unpaired) electrons. The maximum absolute atomic E-state index is 14.4. The molecule has 5 nitrogen and oxygen atoms in total. The van der Waals surface area contributed by atoms with Crippen LogP contribution in [-0.2, 0) is 16.1 Å². The number of aliphatic hydroxyl groups is 1. The number of likely N-dealkylation sites (tertiary alicyclic amines) is 2. The van der Waals surface area contributed by atoms with Crippen molar-refractivity contribution in [3.8, 4) is 0 Å². The van der Waals surface area contributed by atoms with Gasteiger partial charge < -0.3 is 14.7 Å². The summed E-state index contributed by atoms with van der Waals surface area (Å²) in [5, 5.41) is 10.2. The van der Waals surface area contributed by atoms with Crippen LogP contribution < -0.4 is 0 Å². The first kappa shape index (κ1) is 20.6. The summed E-state index contributed by atoms with van der Waals surface area (Å²) in [5.74, 6) is 0.130. The number of halogens is 1. The summed E-state index contributed by atoms with van der Waals surface area (Å²) in [6, 6.07) is 16.9. The molecule has 0 saturated carbocycles. The summed E-state index contributed by atoms with van der Waals surface area (Å²) < 4.78 is 19.8. The highest BCUT2D eigenvalue weighted by Crippen LogP contribution is 2.54. The van der Waals surface area contributed by atoms with E-state index < -0.39 is 0 Å². The van der Waals surface area contributed by atoms with Crippen LogP contribution in [0.15, 0.2) is 54.6 Å². The summed E-state index contributed by atoms with van der Waals surface area (Å²) in [6.45, 7) is 2.97. The minimum absolute atomic E-state index is 0.00364. The van der Waals surface area contributed by atoms with E-state index in [1.165, 1.54) is 11.6 Å². The van der Waals surface area contributed by atoms with E-state index in [0.29, 0.717) is 38.4 Å². The molecule has 1 spiro atoms. The fraction of sp³-hybridized carbons (Fsp3) is 0.480. The molecule has 3 aliphatic rings. The number of aliphatic hydroxyl groups excluding tert-OH is 1. The van der Waals surface area contributed by atoms with Gasteiger partial charge in [-0.2, -0.15) is 0 Å². The van der Waals surface area contributed by atoms with Crippen LogP contribution in [0.4, 0.5) is 4.39 Å². The normalized spacial score (nSPS) is 25.8. The molecule has 2 aromatic carbocycles. The highest BCUT2D eigenvalue weighted by molar-refractivity contribution is 5.80. The Hall–Kier alpha value is -2.28. The predicted octanol–water partition coefficient (Wildman–Crippen LogP) is 2.79. The number of amides is 1. The van der Waals surface area contributed by atoms with Gasteiger partial charge in [0.1, 0.15) is 5.82 Å². The lowest BCUT2D eigenvalue weighted by atomic mass is 9.60. The van der Waals surface area contributed by atoms with Gasteiger partial charge in [0.2, 0.25) is 5.91 Å². The van der Waals surface area contributed by atoms with Gasteiger partial charge in [0.15, 0.2) is 0 Å². The zero-order chi connectivity index (χ0) is 21.4. The van der Waals surface area contributed by atoms with Crippen molar-refractivity contribution in [3.63, 3.8) is 0 Å². The zero-order valence-electron chi connectivity index (χ0n) is 17.6. The Morgan fingerprint density at radius 1 is 1.06 bits per heavy atom. The summed E-state index contributed by atoms with van der Waals surface area (Å²) in [7, 11) is 0. The van der Waals surface area contributed by atoms with Gasteiger partial charge >= 0.3 is 0 Å². The second-order valence-electron chi connectivity index (χ2n) is 9.04. The Morgan fingerprint density at radius 3 is 2.42 bits per heavy atom. The molecule has 6 heteroatoms. The fourth-order valence-corrected chi connectivity index (χ4v) is 5.80. The van der Waals surface area contributed by atoms with Crippen molar-refractivity contribution in [3.05, 3.63) is 71.5 Å². The topological polar surface area (TPSA) is 53.0 Å². The van der Waals surface area contributed by atoms with E-state index in [0.717, 1.165) is 12.8 Å². The van der Waals surface area contributed by atoms with Gasteiger partial charge in [0.25, 0.3) is 0 Å². The molecule has 0 aromatic heterocycles. The van der Waals surface area contributed by atoms with E-state index in [-0.39, 0.29) is 41.7 Å². The lowest BCUT2D eigenvalue weighted by molar-refractivity contribution is -0.203. The van der Waals surface area contributed by atoms with Gasteiger partial charge in [0, 0.05) is 56.3 Å². The van der Waals surface area contributed by atoms with Crippen LogP contribution in [0.2, 0.25) is 0 Å². The van der Waals surface area contributed by atoms with Crippen LogP contribution in [0.3, 0.4) is 0 Å². The van der Waals surface area contributed by atoms with Crippen LogP contribution >= 0.6 is 0 Å². The van der Waals surface area contributed by atoms with Gasteiger partial charge in [-0.15, -0.1) is 0 Å². The van der Waals surface area contributed by atoms with E-state index in [4.69, 9.17) is 4.74 Å². The highest BCUT2D eigenvalue weighted by Gasteiger charge is 2.66. The molecule has 3 saturated heterocycles. The molecule has 3 aliphatic heterocycles. The number of ether oxygens (including phenoxy) is 1. The highest BCUT2D eigenvalue weighted by atomic mass is 19.1. The van der Waals surface area contributed by atoms with E-state index in [2.05, 4.69) is 17.0 Å². The number of rotatable bonds is 5. The quantitative estimate of drug-likeness (QED) is 0.802. The molecule has 164 valence electrons.